The molecule has 0 aromatic heterocycles. The Bertz CT molecular complexity index is 600. The number of halogens is 2. The number of rotatable bonds is 5. The quantitative estimate of drug-likeness (QED) is 0.883. The van der Waals surface area contributed by atoms with Crippen LogP contribution in [0.1, 0.15) is 19.8 Å². The van der Waals surface area contributed by atoms with Gasteiger partial charge < -0.3 is 9.47 Å². The fraction of sp³-hybridized carbons (Fsp3) is 0.538. The minimum absolute atomic E-state index is 0.0764. The van der Waals surface area contributed by atoms with Crippen LogP contribution in [-0.2, 0) is 19.5 Å². The lowest BCUT2D eigenvalue weighted by Crippen LogP contribution is -2.40. The van der Waals surface area contributed by atoms with Crippen molar-refractivity contribution in [1.82, 2.24) is 4.72 Å². The molecular formula is C13H17Cl2NO4S. The molecule has 1 aromatic rings. The lowest BCUT2D eigenvalue weighted by atomic mass is 10.2. The third kappa shape index (κ3) is 4.55. The van der Waals surface area contributed by atoms with Gasteiger partial charge in [-0.15, -0.1) is 0 Å². The van der Waals surface area contributed by atoms with Gasteiger partial charge in [0.1, 0.15) is 0 Å². The average Bonchev–Trinajstić information content (AvgIpc) is 2.42. The van der Waals surface area contributed by atoms with Crippen LogP contribution in [0.25, 0.3) is 0 Å². The summed E-state index contributed by atoms with van der Waals surface area (Å²) in [5.41, 5.74) is 0. The summed E-state index contributed by atoms with van der Waals surface area (Å²) in [6, 6.07) is 4.18. The Morgan fingerprint density at radius 1 is 1.24 bits per heavy atom. The molecule has 0 unspecified atom stereocenters. The van der Waals surface area contributed by atoms with Crippen molar-refractivity contribution in [2.45, 2.75) is 30.4 Å². The van der Waals surface area contributed by atoms with Crippen molar-refractivity contribution in [2.24, 2.45) is 0 Å². The van der Waals surface area contributed by atoms with Crippen LogP contribution in [0.3, 0.4) is 0 Å². The van der Waals surface area contributed by atoms with Crippen molar-refractivity contribution in [2.75, 3.05) is 19.8 Å². The third-order valence-corrected chi connectivity index (χ3v) is 5.37. The minimum atomic E-state index is -3.63. The summed E-state index contributed by atoms with van der Waals surface area (Å²) < 4.78 is 37.8. The fourth-order valence-electron chi connectivity index (χ4n) is 1.96. The normalized spacial score (nSPS) is 18.6. The summed E-state index contributed by atoms with van der Waals surface area (Å²) in [4.78, 5) is 0.0764. The Labute approximate surface area is 134 Å². The van der Waals surface area contributed by atoms with Crippen LogP contribution >= 0.6 is 23.2 Å². The van der Waals surface area contributed by atoms with E-state index in [9.17, 15) is 8.42 Å². The van der Waals surface area contributed by atoms with Gasteiger partial charge in [-0.3, -0.25) is 0 Å². The molecule has 1 saturated heterocycles. The maximum atomic E-state index is 12.1. The van der Waals surface area contributed by atoms with Crippen molar-refractivity contribution in [1.29, 1.82) is 0 Å². The molecule has 0 saturated carbocycles. The zero-order chi connectivity index (χ0) is 15.5. The Kier molecular flexibility index (Phi) is 5.51. The molecule has 0 amide bonds. The molecule has 0 aliphatic carbocycles. The van der Waals surface area contributed by atoms with Gasteiger partial charge in [-0.1, -0.05) is 23.2 Å². The number of nitrogens with one attached hydrogen (secondary N) is 1. The minimum Gasteiger partial charge on any atom is -0.350 e. The highest BCUT2D eigenvalue weighted by Gasteiger charge is 2.29. The monoisotopic (exact) mass is 353 g/mol. The second kappa shape index (κ2) is 6.81. The molecule has 118 valence electrons. The van der Waals surface area contributed by atoms with Gasteiger partial charge in [0.25, 0.3) is 0 Å². The van der Waals surface area contributed by atoms with Crippen LogP contribution in [-0.4, -0.2) is 34.0 Å². The van der Waals surface area contributed by atoms with Gasteiger partial charge >= 0.3 is 0 Å². The van der Waals surface area contributed by atoms with Crippen LogP contribution in [0, 0.1) is 0 Å². The van der Waals surface area contributed by atoms with Gasteiger partial charge in [0.05, 0.1) is 28.2 Å². The van der Waals surface area contributed by atoms with E-state index in [1.165, 1.54) is 18.2 Å². The van der Waals surface area contributed by atoms with E-state index in [-0.39, 0.29) is 16.5 Å². The standard InChI is InChI=1S/C13H17Cl2NO4S/c1-13(19-7-2-8-20-13)5-6-16-21(17,18)10-3-4-11(14)12(15)9-10/h3-4,9,16H,2,5-8H2,1H3. The van der Waals surface area contributed by atoms with E-state index in [2.05, 4.69) is 4.72 Å². The maximum Gasteiger partial charge on any atom is 0.240 e. The van der Waals surface area contributed by atoms with Crippen molar-refractivity contribution in [3.63, 3.8) is 0 Å². The molecule has 1 aliphatic rings. The first-order valence-corrected chi connectivity index (χ1v) is 8.79. The first-order chi connectivity index (χ1) is 9.82. The maximum absolute atomic E-state index is 12.1. The highest BCUT2D eigenvalue weighted by molar-refractivity contribution is 7.89. The Morgan fingerprint density at radius 3 is 2.52 bits per heavy atom. The summed E-state index contributed by atoms with van der Waals surface area (Å²) in [6.07, 6.45) is 1.28. The third-order valence-electron chi connectivity index (χ3n) is 3.18. The summed E-state index contributed by atoms with van der Waals surface area (Å²) >= 11 is 11.6. The zero-order valence-electron chi connectivity index (χ0n) is 11.6. The van der Waals surface area contributed by atoms with Gasteiger partial charge in [0.2, 0.25) is 10.0 Å². The summed E-state index contributed by atoms with van der Waals surface area (Å²) in [5.74, 6) is -0.738. The zero-order valence-corrected chi connectivity index (χ0v) is 13.9. The first-order valence-electron chi connectivity index (χ1n) is 6.55. The van der Waals surface area contributed by atoms with Crippen molar-refractivity contribution < 1.29 is 17.9 Å². The van der Waals surface area contributed by atoms with Crippen molar-refractivity contribution >= 4 is 33.2 Å². The topological polar surface area (TPSA) is 64.6 Å². The molecule has 5 nitrogen and oxygen atoms in total. The van der Waals surface area contributed by atoms with Crippen LogP contribution in [0.4, 0.5) is 0 Å². The van der Waals surface area contributed by atoms with E-state index in [0.29, 0.717) is 24.7 Å². The predicted octanol–water partition coefficient (Wildman–Crippen LogP) is 2.81. The summed E-state index contributed by atoms with van der Waals surface area (Å²) in [6.45, 7) is 3.25. The smallest absolute Gasteiger partial charge is 0.240 e. The molecule has 0 bridgehead atoms. The molecular weight excluding hydrogens is 337 g/mol. The van der Waals surface area contributed by atoms with E-state index in [1.54, 1.807) is 6.92 Å². The molecule has 1 aliphatic heterocycles. The van der Waals surface area contributed by atoms with Gasteiger partial charge in [0.15, 0.2) is 5.79 Å². The lowest BCUT2D eigenvalue weighted by Gasteiger charge is -2.33. The molecule has 0 radical (unpaired) electrons. The van der Waals surface area contributed by atoms with Gasteiger partial charge in [-0.05, 0) is 31.5 Å². The Balaban J connectivity index is 1.96. The number of benzene rings is 1. The average molecular weight is 354 g/mol. The molecule has 1 aromatic carbocycles. The fourth-order valence-corrected chi connectivity index (χ4v) is 3.38. The van der Waals surface area contributed by atoms with E-state index in [4.69, 9.17) is 32.7 Å². The van der Waals surface area contributed by atoms with Crippen LogP contribution < -0.4 is 4.72 Å². The lowest BCUT2D eigenvalue weighted by molar-refractivity contribution is -0.257. The second-order valence-corrected chi connectivity index (χ2v) is 7.49. The number of hydrogen-bond acceptors (Lipinski definition) is 4. The highest BCUT2D eigenvalue weighted by atomic mass is 35.5. The van der Waals surface area contributed by atoms with E-state index < -0.39 is 15.8 Å². The summed E-state index contributed by atoms with van der Waals surface area (Å²) in [5, 5.41) is 0.512. The van der Waals surface area contributed by atoms with Gasteiger partial charge in [-0.2, -0.15) is 0 Å². The number of hydrogen-bond donors (Lipinski definition) is 1. The Morgan fingerprint density at radius 2 is 1.90 bits per heavy atom. The van der Waals surface area contributed by atoms with E-state index >= 15 is 0 Å². The van der Waals surface area contributed by atoms with E-state index in [0.717, 1.165) is 6.42 Å². The molecule has 1 N–H and O–H groups in total. The molecule has 0 atom stereocenters. The van der Waals surface area contributed by atoms with Crippen LogP contribution in [0.2, 0.25) is 10.0 Å². The first kappa shape index (κ1) is 17.0. The molecule has 8 heteroatoms. The largest absolute Gasteiger partial charge is 0.350 e. The van der Waals surface area contributed by atoms with Gasteiger partial charge in [0, 0.05) is 13.0 Å². The SMILES string of the molecule is CC1(CCNS(=O)(=O)c2ccc(Cl)c(Cl)c2)OCCCO1. The molecule has 2 rings (SSSR count). The number of ether oxygens (including phenoxy) is 2. The van der Waals surface area contributed by atoms with Crippen molar-refractivity contribution in [3.8, 4) is 0 Å². The van der Waals surface area contributed by atoms with E-state index in [1.807, 2.05) is 0 Å². The Hall–Kier alpha value is -0.370. The summed E-state index contributed by atoms with van der Waals surface area (Å²) in [7, 11) is -3.63. The molecule has 1 heterocycles. The molecule has 0 spiro atoms. The van der Waals surface area contributed by atoms with Crippen LogP contribution in [0.15, 0.2) is 23.1 Å². The van der Waals surface area contributed by atoms with Crippen LogP contribution in [0.5, 0.6) is 0 Å². The molecule has 21 heavy (non-hydrogen) atoms. The molecule has 1 fully saturated rings. The predicted molar refractivity (Wildman–Crippen MR) is 81.2 cm³/mol. The second-order valence-electron chi connectivity index (χ2n) is 4.91. The van der Waals surface area contributed by atoms with Crippen molar-refractivity contribution in [3.05, 3.63) is 28.2 Å². The number of sulfonamides is 1. The highest BCUT2D eigenvalue weighted by Crippen LogP contribution is 2.25. The van der Waals surface area contributed by atoms with Gasteiger partial charge in [-0.25, -0.2) is 13.1 Å².